The molecule has 0 saturated heterocycles. The first-order valence-electron chi connectivity index (χ1n) is 10.1. The first kappa shape index (κ1) is 21.2. The Balaban J connectivity index is 0.00000240. The number of pyridine rings is 1. The van der Waals surface area contributed by atoms with Gasteiger partial charge in [0.05, 0.1) is 6.20 Å². The summed E-state index contributed by atoms with van der Waals surface area (Å²) < 4.78 is 9.95. The molecule has 0 amide bonds. The van der Waals surface area contributed by atoms with Crippen LogP contribution in [0.4, 0.5) is 5.82 Å². The average molecular weight is 414 g/mol. The third-order valence-corrected chi connectivity index (χ3v) is 5.56. The molecule has 154 valence electrons. The van der Waals surface area contributed by atoms with E-state index in [0.29, 0.717) is 18.4 Å². The Kier molecular flexibility index (Phi) is 6.80. The molecule has 0 unspecified atom stereocenters. The van der Waals surface area contributed by atoms with Crippen molar-refractivity contribution in [1.82, 2.24) is 4.40 Å². The van der Waals surface area contributed by atoms with Gasteiger partial charge in [-0.25, -0.2) is 4.79 Å². The zero-order valence-corrected chi connectivity index (χ0v) is 17.8. The molecule has 0 aliphatic heterocycles. The zero-order chi connectivity index (χ0) is 19.5. The topological polar surface area (TPSA) is 46.6 Å². The van der Waals surface area contributed by atoms with Gasteiger partial charge in [-0.1, -0.05) is 49.6 Å². The van der Waals surface area contributed by atoms with Crippen LogP contribution in [-0.4, -0.2) is 16.3 Å². The molecule has 0 radical (unpaired) electrons. The molecule has 0 bridgehead atoms. The van der Waals surface area contributed by atoms with Crippen LogP contribution in [0.15, 0.2) is 48.7 Å². The van der Waals surface area contributed by atoms with Crippen molar-refractivity contribution >= 4 is 17.4 Å². The van der Waals surface area contributed by atoms with Gasteiger partial charge < -0.3 is 22.5 Å². The number of carbonyl (C=O) groups excluding carboxylic acids is 1. The summed E-state index contributed by atoms with van der Waals surface area (Å²) in [4.78, 5) is 12.5. The second-order valence-corrected chi connectivity index (χ2v) is 7.61. The highest BCUT2D eigenvalue weighted by Gasteiger charge is 2.30. The van der Waals surface area contributed by atoms with Gasteiger partial charge in [-0.2, -0.15) is 8.97 Å². The van der Waals surface area contributed by atoms with Gasteiger partial charge in [-0.3, -0.25) is 0 Å². The van der Waals surface area contributed by atoms with E-state index in [1.807, 2.05) is 55.6 Å². The summed E-state index contributed by atoms with van der Waals surface area (Å²) in [5.74, 6) is 1.69. The van der Waals surface area contributed by atoms with Crippen LogP contribution >= 0.6 is 0 Å². The van der Waals surface area contributed by atoms with Gasteiger partial charge >= 0.3 is 11.6 Å². The van der Waals surface area contributed by atoms with Crippen molar-refractivity contribution in [3.8, 4) is 5.75 Å². The lowest BCUT2D eigenvalue weighted by Gasteiger charge is -2.22. The molecule has 1 aliphatic rings. The van der Waals surface area contributed by atoms with Gasteiger partial charge in [-0.05, 0) is 30.5 Å². The highest BCUT2D eigenvalue weighted by molar-refractivity contribution is 5.71. The standard InChI is InChI=1S/C23H28N3O2.ClH/c1-17-22(24-20-12-7-4-8-13-20)25-15-9-14-21(23(25)26(17)18(2)27)28-16-19-10-5-3-6-11-19;/h3,5-6,9-11,14-15,20,24H,4,7-8,12-13,16H2,1-2H3;1H/q+1;/p-1. The normalized spacial score (nSPS) is 14.4. The second kappa shape index (κ2) is 9.31. The predicted octanol–water partition coefficient (Wildman–Crippen LogP) is 1.52. The third-order valence-electron chi connectivity index (χ3n) is 5.56. The van der Waals surface area contributed by atoms with E-state index in [4.69, 9.17) is 4.74 Å². The summed E-state index contributed by atoms with van der Waals surface area (Å²) in [5, 5.41) is 3.70. The Morgan fingerprint density at radius 3 is 2.55 bits per heavy atom. The molecule has 5 nitrogen and oxygen atoms in total. The van der Waals surface area contributed by atoms with Gasteiger partial charge in [0.25, 0.3) is 0 Å². The quantitative estimate of drug-likeness (QED) is 0.645. The first-order valence-corrected chi connectivity index (χ1v) is 10.1. The van der Waals surface area contributed by atoms with Gasteiger partial charge in [0.2, 0.25) is 11.6 Å². The summed E-state index contributed by atoms with van der Waals surface area (Å²) >= 11 is 0. The molecule has 4 rings (SSSR count). The van der Waals surface area contributed by atoms with E-state index in [2.05, 4.69) is 9.72 Å². The Hall–Kier alpha value is -2.53. The average Bonchev–Trinajstić information content (AvgIpc) is 3.00. The Morgan fingerprint density at radius 2 is 1.86 bits per heavy atom. The van der Waals surface area contributed by atoms with E-state index >= 15 is 0 Å². The summed E-state index contributed by atoms with van der Waals surface area (Å²) in [7, 11) is 0. The molecule has 0 spiro atoms. The molecule has 1 fully saturated rings. The van der Waals surface area contributed by atoms with Gasteiger partial charge in [0, 0.05) is 19.9 Å². The predicted molar refractivity (Wildman–Crippen MR) is 110 cm³/mol. The van der Waals surface area contributed by atoms with Crippen LogP contribution < -0.4 is 27.0 Å². The Bertz CT molecular complexity index is 979. The molecule has 1 N–H and O–H groups in total. The van der Waals surface area contributed by atoms with Crippen molar-refractivity contribution in [3.63, 3.8) is 0 Å². The number of benzene rings is 1. The number of hydrogen-bond acceptors (Lipinski definition) is 3. The molecule has 1 saturated carbocycles. The van der Waals surface area contributed by atoms with Gasteiger partial charge in [0.15, 0.2) is 5.69 Å². The molecular weight excluding hydrogens is 386 g/mol. The first-order chi connectivity index (χ1) is 13.6. The fourth-order valence-electron chi connectivity index (χ4n) is 4.17. The maximum absolute atomic E-state index is 12.5. The number of nitrogens with zero attached hydrogens (tertiary/aromatic N) is 2. The summed E-state index contributed by atoms with van der Waals surface area (Å²) in [5.41, 5.74) is 2.80. The summed E-state index contributed by atoms with van der Waals surface area (Å²) in [6.45, 7) is 4.07. The zero-order valence-electron chi connectivity index (χ0n) is 17.0. The number of anilines is 1. The van der Waals surface area contributed by atoms with Crippen molar-refractivity contribution in [2.24, 2.45) is 0 Å². The minimum absolute atomic E-state index is 0. The maximum atomic E-state index is 12.5. The van der Waals surface area contributed by atoms with Crippen molar-refractivity contribution in [2.45, 2.75) is 58.6 Å². The van der Waals surface area contributed by atoms with Crippen molar-refractivity contribution in [1.29, 1.82) is 0 Å². The second-order valence-electron chi connectivity index (χ2n) is 7.61. The number of halogens is 1. The maximum Gasteiger partial charge on any atom is 0.338 e. The van der Waals surface area contributed by atoms with Gasteiger partial charge in [0.1, 0.15) is 6.61 Å². The Labute approximate surface area is 178 Å². The highest BCUT2D eigenvalue weighted by atomic mass is 35.5. The molecule has 2 aromatic heterocycles. The highest BCUT2D eigenvalue weighted by Crippen LogP contribution is 2.27. The number of nitrogens with one attached hydrogen (secondary N) is 1. The minimum Gasteiger partial charge on any atom is -1.00 e. The van der Waals surface area contributed by atoms with E-state index in [9.17, 15) is 4.79 Å². The summed E-state index contributed by atoms with van der Waals surface area (Å²) in [6, 6.07) is 14.4. The minimum atomic E-state index is -0.0116. The van der Waals surface area contributed by atoms with E-state index in [1.165, 1.54) is 32.1 Å². The smallest absolute Gasteiger partial charge is 0.338 e. The van der Waals surface area contributed by atoms with Gasteiger partial charge in [-0.15, -0.1) is 0 Å². The van der Waals surface area contributed by atoms with Crippen LogP contribution in [-0.2, 0) is 6.61 Å². The lowest BCUT2D eigenvalue weighted by Crippen LogP contribution is -3.00. The number of rotatable bonds is 5. The van der Waals surface area contributed by atoms with E-state index in [-0.39, 0.29) is 18.3 Å². The summed E-state index contributed by atoms with van der Waals surface area (Å²) in [6.07, 6.45) is 8.20. The van der Waals surface area contributed by atoms with Crippen LogP contribution in [0.5, 0.6) is 5.75 Å². The number of aromatic nitrogens is 2. The Morgan fingerprint density at radius 1 is 1.14 bits per heavy atom. The number of imidazole rings is 1. The van der Waals surface area contributed by atoms with Crippen molar-refractivity contribution < 1.29 is 26.5 Å². The number of fused-ring (bicyclic) bond motifs is 1. The van der Waals surface area contributed by atoms with Crippen molar-refractivity contribution in [3.05, 3.63) is 59.9 Å². The van der Waals surface area contributed by atoms with Crippen LogP contribution in [0.1, 0.15) is 55.1 Å². The monoisotopic (exact) mass is 413 g/mol. The molecule has 1 aromatic carbocycles. The fourth-order valence-corrected chi connectivity index (χ4v) is 4.17. The molecule has 29 heavy (non-hydrogen) atoms. The van der Waals surface area contributed by atoms with Crippen LogP contribution in [0.2, 0.25) is 0 Å². The molecule has 6 heteroatoms. The molecule has 2 heterocycles. The molecular formula is C23H28ClN3O2. The van der Waals surface area contributed by atoms with Crippen molar-refractivity contribution in [2.75, 3.05) is 5.32 Å². The van der Waals surface area contributed by atoms with Crippen LogP contribution in [0.25, 0.3) is 5.65 Å². The lowest BCUT2D eigenvalue weighted by atomic mass is 9.95. The number of ether oxygens (including phenoxy) is 1. The van der Waals surface area contributed by atoms with Crippen LogP contribution in [0.3, 0.4) is 0 Å². The molecule has 0 atom stereocenters. The molecule has 3 aromatic rings. The fraction of sp³-hybridized carbons (Fsp3) is 0.391. The number of carbonyl (C=O) groups is 1. The van der Waals surface area contributed by atoms with Crippen LogP contribution in [0, 0.1) is 6.92 Å². The van der Waals surface area contributed by atoms with E-state index < -0.39 is 0 Å². The largest absolute Gasteiger partial charge is 1.00 e. The third kappa shape index (κ3) is 4.40. The lowest BCUT2D eigenvalue weighted by molar-refractivity contribution is -0.551. The van der Waals surface area contributed by atoms with E-state index in [1.54, 1.807) is 11.5 Å². The number of hydrogen-bond donors (Lipinski definition) is 1. The SMILES string of the molecule is CC(=O)[n+]1c(C)c(NC2CCCCC2)n2cccc(OCc3ccccc3)c21.[Cl-]. The van der Waals surface area contributed by atoms with E-state index in [0.717, 1.165) is 22.7 Å². The molecule has 1 aliphatic carbocycles.